The Kier molecular flexibility index (Phi) is 2.56. The molecule has 14 heavy (non-hydrogen) atoms. The molecule has 0 aliphatic rings. The van der Waals surface area contributed by atoms with Gasteiger partial charge in [-0.3, -0.25) is 4.40 Å². The molecule has 2 aromatic rings. The molecule has 4 heteroatoms. The van der Waals surface area contributed by atoms with Gasteiger partial charge < -0.3 is 5.73 Å². The highest BCUT2D eigenvalue weighted by molar-refractivity contribution is 7.17. The number of imidazole rings is 1. The summed E-state index contributed by atoms with van der Waals surface area (Å²) in [6.45, 7) is 5.00. The van der Waals surface area contributed by atoms with E-state index in [0.717, 1.165) is 23.5 Å². The van der Waals surface area contributed by atoms with E-state index in [9.17, 15) is 0 Å². The van der Waals surface area contributed by atoms with Crippen LogP contribution in [0.15, 0.2) is 6.20 Å². The summed E-state index contributed by atoms with van der Waals surface area (Å²) in [5.41, 5.74) is 7.99. The molecular weight excluding hydrogens is 194 g/mol. The number of aryl methyl sites for hydroxylation is 2. The molecule has 0 fully saturated rings. The highest BCUT2D eigenvalue weighted by atomic mass is 32.1. The topological polar surface area (TPSA) is 43.3 Å². The van der Waals surface area contributed by atoms with Crippen LogP contribution >= 0.6 is 11.3 Å². The molecule has 0 aromatic carbocycles. The van der Waals surface area contributed by atoms with E-state index in [-0.39, 0.29) is 0 Å². The van der Waals surface area contributed by atoms with E-state index in [1.54, 1.807) is 11.3 Å². The van der Waals surface area contributed by atoms with Gasteiger partial charge >= 0.3 is 0 Å². The van der Waals surface area contributed by atoms with Crippen molar-refractivity contribution in [1.29, 1.82) is 0 Å². The van der Waals surface area contributed by atoms with E-state index in [4.69, 9.17) is 5.73 Å². The molecule has 0 atom stereocenters. The Morgan fingerprint density at radius 3 is 3.00 bits per heavy atom. The molecule has 0 spiro atoms. The van der Waals surface area contributed by atoms with Gasteiger partial charge in [-0.15, -0.1) is 11.3 Å². The molecule has 0 bridgehead atoms. The second kappa shape index (κ2) is 3.71. The molecule has 0 saturated carbocycles. The van der Waals surface area contributed by atoms with Crippen LogP contribution in [0.1, 0.15) is 23.2 Å². The summed E-state index contributed by atoms with van der Waals surface area (Å²) in [6.07, 6.45) is 4.05. The lowest BCUT2D eigenvalue weighted by molar-refractivity contribution is 0.930. The average Bonchev–Trinajstić information content (AvgIpc) is 2.61. The van der Waals surface area contributed by atoms with E-state index in [1.807, 2.05) is 0 Å². The third kappa shape index (κ3) is 1.44. The second-order valence-electron chi connectivity index (χ2n) is 3.38. The van der Waals surface area contributed by atoms with Gasteiger partial charge in [0.05, 0.1) is 5.69 Å². The van der Waals surface area contributed by atoms with Crippen LogP contribution in [0.25, 0.3) is 4.96 Å². The number of nitrogens with two attached hydrogens (primary N) is 1. The van der Waals surface area contributed by atoms with Crippen LogP contribution in [0.4, 0.5) is 0 Å². The maximum absolute atomic E-state index is 5.51. The van der Waals surface area contributed by atoms with Crippen LogP contribution in [-0.2, 0) is 12.8 Å². The quantitative estimate of drug-likeness (QED) is 0.837. The molecular formula is C10H15N3S. The minimum absolute atomic E-state index is 0.672. The molecule has 0 aliphatic carbocycles. The van der Waals surface area contributed by atoms with E-state index < -0.39 is 0 Å². The fraction of sp³-hybridized carbons (Fsp3) is 0.500. The zero-order valence-electron chi connectivity index (χ0n) is 8.58. The van der Waals surface area contributed by atoms with Crippen molar-refractivity contribution in [2.45, 2.75) is 26.7 Å². The van der Waals surface area contributed by atoms with Crippen LogP contribution in [0.2, 0.25) is 0 Å². The van der Waals surface area contributed by atoms with Crippen LogP contribution in [0.3, 0.4) is 0 Å². The van der Waals surface area contributed by atoms with Crippen LogP contribution in [-0.4, -0.2) is 15.9 Å². The minimum atomic E-state index is 0.672. The summed E-state index contributed by atoms with van der Waals surface area (Å²) in [4.78, 5) is 7.00. The Balaban J connectivity index is 2.51. The SMILES string of the molecule is CCc1c(C)sc2nc(CCN)cn12. The van der Waals surface area contributed by atoms with Gasteiger partial charge in [0.15, 0.2) is 4.96 Å². The fourth-order valence-electron chi connectivity index (χ4n) is 1.73. The summed E-state index contributed by atoms with van der Waals surface area (Å²) in [5.74, 6) is 0. The van der Waals surface area contributed by atoms with Crippen molar-refractivity contribution in [3.8, 4) is 0 Å². The number of fused-ring (bicyclic) bond motifs is 1. The minimum Gasteiger partial charge on any atom is -0.330 e. The van der Waals surface area contributed by atoms with Gasteiger partial charge in [0.2, 0.25) is 0 Å². The van der Waals surface area contributed by atoms with Crippen molar-refractivity contribution in [2.24, 2.45) is 5.73 Å². The Hall–Kier alpha value is -0.870. The Labute approximate surface area is 87.6 Å². The van der Waals surface area contributed by atoms with Gasteiger partial charge in [0, 0.05) is 23.2 Å². The number of rotatable bonds is 3. The molecule has 2 heterocycles. The Morgan fingerprint density at radius 2 is 2.36 bits per heavy atom. The van der Waals surface area contributed by atoms with Gasteiger partial charge in [-0.2, -0.15) is 0 Å². The third-order valence-electron chi connectivity index (χ3n) is 2.40. The Morgan fingerprint density at radius 1 is 1.57 bits per heavy atom. The van der Waals surface area contributed by atoms with Crippen LogP contribution < -0.4 is 5.73 Å². The summed E-state index contributed by atoms with van der Waals surface area (Å²) in [7, 11) is 0. The zero-order chi connectivity index (χ0) is 10.1. The van der Waals surface area contributed by atoms with Crippen molar-refractivity contribution in [2.75, 3.05) is 6.54 Å². The van der Waals surface area contributed by atoms with E-state index in [1.165, 1.54) is 10.6 Å². The first-order chi connectivity index (χ1) is 6.76. The first kappa shape index (κ1) is 9.68. The zero-order valence-corrected chi connectivity index (χ0v) is 9.40. The van der Waals surface area contributed by atoms with E-state index >= 15 is 0 Å². The molecule has 0 aliphatic heterocycles. The summed E-state index contributed by atoms with van der Waals surface area (Å²) < 4.78 is 2.20. The lowest BCUT2D eigenvalue weighted by Crippen LogP contribution is -2.02. The molecule has 0 radical (unpaired) electrons. The third-order valence-corrected chi connectivity index (χ3v) is 3.41. The monoisotopic (exact) mass is 209 g/mol. The van der Waals surface area contributed by atoms with Crippen LogP contribution in [0.5, 0.6) is 0 Å². The maximum atomic E-state index is 5.51. The largest absolute Gasteiger partial charge is 0.330 e. The molecule has 2 aromatic heterocycles. The van der Waals surface area contributed by atoms with Crippen molar-refractivity contribution >= 4 is 16.3 Å². The molecule has 76 valence electrons. The highest BCUT2D eigenvalue weighted by Crippen LogP contribution is 2.22. The highest BCUT2D eigenvalue weighted by Gasteiger charge is 2.09. The lowest BCUT2D eigenvalue weighted by atomic mass is 10.3. The average molecular weight is 209 g/mol. The first-order valence-corrected chi connectivity index (χ1v) is 5.74. The van der Waals surface area contributed by atoms with E-state index in [0.29, 0.717) is 6.54 Å². The number of thiazole rings is 1. The number of hydrogen-bond acceptors (Lipinski definition) is 3. The summed E-state index contributed by atoms with van der Waals surface area (Å²) >= 11 is 1.76. The van der Waals surface area contributed by atoms with Crippen LogP contribution in [0, 0.1) is 6.92 Å². The second-order valence-corrected chi connectivity index (χ2v) is 4.56. The molecule has 0 saturated heterocycles. The lowest BCUT2D eigenvalue weighted by Gasteiger charge is -1.94. The number of aromatic nitrogens is 2. The van der Waals surface area contributed by atoms with Gasteiger partial charge in [0.1, 0.15) is 0 Å². The first-order valence-electron chi connectivity index (χ1n) is 4.92. The normalized spacial score (nSPS) is 11.4. The standard InChI is InChI=1S/C10H15N3S/c1-3-9-7(2)14-10-12-8(4-5-11)6-13(9)10/h6H,3-5,11H2,1-2H3. The van der Waals surface area contributed by atoms with Crippen molar-refractivity contribution in [3.05, 3.63) is 22.5 Å². The van der Waals surface area contributed by atoms with Gasteiger partial charge in [-0.25, -0.2) is 4.98 Å². The molecule has 2 N–H and O–H groups in total. The smallest absolute Gasteiger partial charge is 0.194 e. The van der Waals surface area contributed by atoms with Gasteiger partial charge in [-0.05, 0) is 19.9 Å². The van der Waals surface area contributed by atoms with Gasteiger partial charge in [0.25, 0.3) is 0 Å². The summed E-state index contributed by atoms with van der Waals surface area (Å²) in [6, 6.07) is 0. The fourth-order valence-corrected chi connectivity index (χ4v) is 2.79. The molecule has 3 nitrogen and oxygen atoms in total. The van der Waals surface area contributed by atoms with Crippen molar-refractivity contribution < 1.29 is 0 Å². The number of hydrogen-bond donors (Lipinski definition) is 1. The maximum Gasteiger partial charge on any atom is 0.194 e. The van der Waals surface area contributed by atoms with Crippen molar-refractivity contribution in [3.63, 3.8) is 0 Å². The summed E-state index contributed by atoms with van der Waals surface area (Å²) in [5, 5.41) is 0. The predicted octanol–water partition coefficient (Wildman–Crippen LogP) is 1.77. The molecule has 2 rings (SSSR count). The van der Waals surface area contributed by atoms with E-state index in [2.05, 4.69) is 29.4 Å². The van der Waals surface area contributed by atoms with Gasteiger partial charge in [-0.1, -0.05) is 6.92 Å². The van der Waals surface area contributed by atoms with Crippen molar-refractivity contribution in [1.82, 2.24) is 9.38 Å². The molecule has 0 amide bonds. The number of nitrogens with zero attached hydrogens (tertiary/aromatic N) is 2. The predicted molar refractivity (Wildman–Crippen MR) is 59.9 cm³/mol. The Bertz CT molecular complexity index is 441. The molecule has 0 unspecified atom stereocenters.